The minimum Gasteiger partial charge on any atom is -0.481 e. The number of anilines is 1. The van der Waals surface area contributed by atoms with Crippen LogP contribution in [0.5, 0.6) is 5.75 Å². The van der Waals surface area contributed by atoms with E-state index in [1.54, 1.807) is 19.1 Å². The minimum absolute atomic E-state index is 0.242. The molecule has 0 radical (unpaired) electrons. The largest absolute Gasteiger partial charge is 0.481 e. The molecule has 7 heteroatoms. The molecule has 1 saturated heterocycles. The van der Waals surface area contributed by atoms with Gasteiger partial charge in [-0.05, 0) is 63.1 Å². The number of carbonyl (C=O) groups excluding carboxylic acids is 1. The van der Waals surface area contributed by atoms with E-state index >= 15 is 0 Å². The van der Waals surface area contributed by atoms with Crippen LogP contribution < -0.4 is 10.1 Å². The van der Waals surface area contributed by atoms with Crippen LogP contribution in [0.2, 0.25) is 0 Å². The van der Waals surface area contributed by atoms with E-state index in [0.29, 0.717) is 24.5 Å². The van der Waals surface area contributed by atoms with Gasteiger partial charge >= 0.3 is 0 Å². The van der Waals surface area contributed by atoms with Gasteiger partial charge in [-0.25, -0.2) is 8.42 Å². The third-order valence-corrected chi connectivity index (χ3v) is 6.44. The number of carbonyl (C=O) groups is 1. The zero-order valence-corrected chi connectivity index (χ0v) is 16.3. The number of hydrogen-bond donors (Lipinski definition) is 1. The fourth-order valence-electron chi connectivity index (χ4n) is 2.91. The first-order valence-electron chi connectivity index (χ1n) is 9.01. The van der Waals surface area contributed by atoms with Gasteiger partial charge in [-0.1, -0.05) is 17.7 Å². The molecule has 3 rings (SSSR count). The molecule has 1 fully saturated rings. The zero-order valence-electron chi connectivity index (χ0n) is 15.5. The maximum absolute atomic E-state index is 12.5. The summed E-state index contributed by atoms with van der Waals surface area (Å²) in [6.45, 7) is 4.78. The maximum Gasteiger partial charge on any atom is 0.265 e. The number of hydrogen-bond acceptors (Lipinski definition) is 4. The van der Waals surface area contributed by atoms with Crippen molar-refractivity contribution >= 4 is 21.6 Å². The van der Waals surface area contributed by atoms with Crippen LogP contribution in [0, 0.1) is 6.92 Å². The van der Waals surface area contributed by atoms with Crippen molar-refractivity contribution in [3.8, 4) is 5.75 Å². The van der Waals surface area contributed by atoms with Crippen LogP contribution in [0.15, 0.2) is 53.4 Å². The fraction of sp³-hybridized carbons (Fsp3) is 0.350. The molecule has 0 aromatic heterocycles. The van der Waals surface area contributed by atoms with Crippen LogP contribution in [0.25, 0.3) is 0 Å². The predicted octanol–water partition coefficient (Wildman–Crippen LogP) is 3.19. The first kappa shape index (κ1) is 19.4. The molecule has 1 amide bonds. The first-order valence-corrected chi connectivity index (χ1v) is 10.4. The molecule has 6 nitrogen and oxygen atoms in total. The summed E-state index contributed by atoms with van der Waals surface area (Å²) < 4.78 is 32.2. The average Bonchev–Trinajstić information content (AvgIpc) is 3.19. The number of nitrogens with zero attached hydrogens (tertiary/aromatic N) is 1. The zero-order chi connectivity index (χ0) is 19.4. The summed E-state index contributed by atoms with van der Waals surface area (Å²) in [7, 11) is -3.45. The van der Waals surface area contributed by atoms with Crippen LogP contribution >= 0.6 is 0 Å². The van der Waals surface area contributed by atoms with E-state index in [1.807, 2.05) is 31.2 Å². The number of sulfonamides is 1. The average molecular weight is 388 g/mol. The molecular formula is C20H24N2O4S. The highest BCUT2D eigenvalue weighted by Crippen LogP contribution is 2.22. The second-order valence-corrected chi connectivity index (χ2v) is 8.64. The molecule has 144 valence electrons. The van der Waals surface area contributed by atoms with Crippen molar-refractivity contribution < 1.29 is 17.9 Å². The Morgan fingerprint density at radius 1 is 1.04 bits per heavy atom. The molecule has 1 aliphatic heterocycles. The number of ether oxygens (including phenoxy) is 1. The van der Waals surface area contributed by atoms with Crippen molar-refractivity contribution in [2.24, 2.45) is 0 Å². The van der Waals surface area contributed by atoms with Gasteiger partial charge in [0.15, 0.2) is 6.10 Å². The minimum atomic E-state index is -3.45. The van der Waals surface area contributed by atoms with Crippen LogP contribution in [0.3, 0.4) is 0 Å². The molecule has 0 saturated carbocycles. The second kappa shape index (κ2) is 8.10. The number of aryl methyl sites for hydroxylation is 1. The molecule has 1 unspecified atom stereocenters. The topological polar surface area (TPSA) is 75.7 Å². The molecule has 2 aromatic rings. The number of nitrogens with one attached hydrogen (secondary N) is 1. The van der Waals surface area contributed by atoms with Crippen molar-refractivity contribution in [3.63, 3.8) is 0 Å². The Balaban J connectivity index is 1.61. The molecule has 27 heavy (non-hydrogen) atoms. The van der Waals surface area contributed by atoms with Crippen LogP contribution in [0.4, 0.5) is 5.69 Å². The summed E-state index contributed by atoms with van der Waals surface area (Å²) in [5.74, 6) is 0.320. The Morgan fingerprint density at radius 3 is 2.22 bits per heavy atom. The summed E-state index contributed by atoms with van der Waals surface area (Å²) in [6, 6.07) is 13.7. The lowest BCUT2D eigenvalue weighted by molar-refractivity contribution is -0.122. The van der Waals surface area contributed by atoms with E-state index in [1.165, 1.54) is 16.4 Å². The summed E-state index contributed by atoms with van der Waals surface area (Å²) in [4.78, 5) is 12.6. The fourth-order valence-corrected chi connectivity index (χ4v) is 4.42. The van der Waals surface area contributed by atoms with Gasteiger partial charge in [0.05, 0.1) is 4.90 Å². The van der Waals surface area contributed by atoms with Crippen LogP contribution in [0.1, 0.15) is 25.3 Å². The number of benzene rings is 2. The van der Waals surface area contributed by atoms with Gasteiger partial charge in [0.25, 0.3) is 5.91 Å². The Bertz CT molecular complexity index is 887. The van der Waals surface area contributed by atoms with Crippen molar-refractivity contribution in [3.05, 3.63) is 54.1 Å². The third kappa shape index (κ3) is 4.67. The van der Waals surface area contributed by atoms with Crippen LogP contribution in [-0.2, 0) is 14.8 Å². The maximum atomic E-state index is 12.5. The van der Waals surface area contributed by atoms with Gasteiger partial charge < -0.3 is 10.1 Å². The highest BCUT2D eigenvalue weighted by molar-refractivity contribution is 7.89. The van der Waals surface area contributed by atoms with Crippen molar-refractivity contribution in [2.45, 2.75) is 37.7 Å². The van der Waals surface area contributed by atoms with Gasteiger partial charge in [0, 0.05) is 18.8 Å². The highest BCUT2D eigenvalue weighted by Gasteiger charge is 2.27. The van der Waals surface area contributed by atoms with Gasteiger partial charge in [-0.2, -0.15) is 4.31 Å². The Kier molecular flexibility index (Phi) is 5.82. The lowest BCUT2D eigenvalue weighted by atomic mass is 10.2. The van der Waals surface area contributed by atoms with E-state index in [2.05, 4.69) is 5.32 Å². The molecule has 2 aromatic carbocycles. The van der Waals surface area contributed by atoms with Gasteiger partial charge in [0.2, 0.25) is 10.0 Å². The van der Waals surface area contributed by atoms with Gasteiger partial charge in [0.1, 0.15) is 5.75 Å². The highest BCUT2D eigenvalue weighted by atomic mass is 32.2. The second-order valence-electron chi connectivity index (χ2n) is 6.70. The first-order chi connectivity index (χ1) is 12.9. The van der Waals surface area contributed by atoms with E-state index in [9.17, 15) is 13.2 Å². The van der Waals surface area contributed by atoms with E-state index in [0.717, 1.165) is 18.4 Å². The smallest absolute Gasteiger partial charge is 0.265 e. The van der Waals surface area contributed by atoms with Crippen molar-refractivity contribution in [1.82, 2.24) is 4.31 Å². The van der Waals surface area contributed by atoms with Gasteiger partial charge in [-0.3, -0.25) is 4.79 Å². The Hall–Kier alpha value is -2.38. The van der Waals surface area contributed by atoms with Gasteiger partial charge in [-0.15, -0.1) is 0 Å². The molecule has 1 aliphatic rings. The molecule has 0 spiro atoms. The lowest BCUT2D eigenvalue weighted by Crippen LogP contribution is -2.30. The van der Waals surface area contributed by atoms with E-state index in [4.69, 9.17) is 4.74 Å². The summed E-state index contributed by atoms with van der Waals surface area (Å²) >= 11 is 0. The lowest BCUT2D eigenvalue weighted by Gasteiger charge is -2.17. The normalized spacial score (nSPS) is 16.1. The number of amides is 1. The molecule has 1 atom stereocenters. The summed E-state index contributed by atoms with van der Waals surface area (Å²) in [6.07, 6.45) is 1.11. The molecular weight excluding hydrogens is 364 g/mol. The monoisotopic (exact) mass is 388 g/mol. The molecule has 1 N–H and O–H groups in total. The molecule has 0 aliphatic carbocycles. The Labute approximate surface area is 160 Å². The molecule has 0 bridgehead atoms. The van der Waals surface area contributed by atoms with Crippen molar-refractivity contribution in [2.75, 3.05) is 18.4 Å². The summed E-state index contributed by atoms with van der Waals surface area (Å²) in [5.41, 5.74) is 1.64. The summed E-state index contributed by atoms with van der Waals surface area (Å²) in [5, 5.41) is 2.75. The number of rotatable bonds is 6. The molecule has 1 heterocycles. The van der Waals surface area contributed by atoms with Crippen LogP contribution in [-0.4, -0.2) is 37.8 Å². The SMILES string of the molecule is Cc1ccc(OC(C)C(=O)Nc2ccc(S(=O)(=O)N3CCCC3)cc2)cc1. The van der Waals surface area contributed by atoms with Crippen molar-refractivity contribution in [1.29, 1.82) is 0 Å². The van der Waals surface area contributed by atoms with E-state index < -0.39 is 16.1 Å². The van der Waals surface area contributed by atoms with E-state index in [-0.39, 0.29) is 10.8 Å². The predicted molar refractivity (Wildman–Crippen MR) is 104 cm³/mol. The standard InChI is InChI=1S/C20H24N2O4S/c1-15-5-9-18(10-6-15)26-16(2)20(23)21-17-7-11-19(12-8-17)27(24,25)22-13-3-4-14-22/h5-12,16H,3-4,13-14H2,1-2H3,(H,21,23). The Morgan fingerprint density at radius 2 is 1.63 bits per heavy atom. The third-order valence-electron chi connectivity index (χ3n) is 4.53. The quantitative estimate of drug-likeness (QED) is 0.825.